The zero-order valence-electron chi connectivity index (χ0n) is 17.8. The van der Waals surface area contributed by atoms with Crippen LogP contribution in [0.1, 0.15) is 30.1 Å². The Balaban J connectivity index is 1.89. The summed E-state index contributed by atoms with van der Waals surface area (Å²) in [5.74, 6) is 0.524. The maximum absolute atomic E-state index is 13.3. The van der Waals surface area contributed by atoms with Crippen LogP contribution in [0.3, 0.4) is 0 Å². The number of halogens is 3. The molecule has 0 atom stereocenters. The summed E-state index contributed by atoms with van der Waals surface area (Å²) in [5, 5.41) is 2.29. The Morgan fingerprint density at radius 1 is 1.03 bits per heavy atom. The largest absolute Gasteiger partial charge is 0.416 e. The van der Waals surface area contributed by atoms with Crippen LogP contribution in [0, 0.1) is 0 Å². The fourth-order valence-corrected chi connectivity index (χ4v) is 5.38. The number of benzene rings is 1. The molecule has 3 aromatic rings. The molecule has 1 aliphatic heterocycles. The van der Waals surface area contributed by atoms with Crippen molar-refractivity contribution in [1.29, 1.82) is 0 Å². The third kappa shape index (κ3) is 4.70. The van der Waals surface area contributed by atoms with Crippen molar-refractivity contribution < 1.29 is 30.0 Å². The first-order valence-corrected chi connectivity index (χ1v) is 14.0. The van der Waals surface area contributed by atoms with Crippen LogP contribution in [-0.2, 0) is 23.9 Å². The summed E-state index contributed by atoms with van der Waals surface area (Å²) in [5.41, 5.74) is -0.434. The first kappa shape index (κ1) is 24.3. The van der Waals surface area contributed by atoms with Gasteiger partial charge in [-0.15, -0.1) is 0 Å². The maximum atomic E-state index is 13.3. The molecule has 14 heteroatoms. The number of aromatic nitrogens is 4. The Hall–Kier alpha value is -2.84. The second-order valence-electron chi connectivity index (χ2n) is 7.83. The maximum Gasteiger partial charge on any atom is 0.416 e. The molecule has 4 rings (SSSR count). The normalized spacial score (nSPS) is 16.0. The number of aromatic amines is 1. The molecule has 0 aliphatic carbocycles. The van der Waals surface area contributed by atoms with Gasteiger partial charge in [-0.1, -0.05) is 12.1 Å². The molecular formula is C20H20F3N5O4S2. The van der Waals surface area contributed by atoms with E-state index in [2.05, 4.69) is 25.3 Å². The van der Waals surface area contributed by atoms with Crippen LogP contribution in [0.15, 0.2) is 41.7 Å². The third-order valence-corrected chi connectivity index (χ3v) is 9.70. The highest BCUT2D eigenvalue weighted by Gasteiger charge is 2.33. The third-order valence-electron chi connectivity index (χ3n) is 5.42. The van der Waals surface area contributed by atoms with Gasteiger partial charge in [-0.25, -0.2) is 31.8 Å². The van der Waals surface area contributed by atoms with Gasteiger partial charge in [-0.3, -0.25) is 0 Å². The van der Waals surface area contributed by atoms with E-state index in [1.807, 2.05) is 0 Å². The summed E-state index contributed by atoms with van der Waals surface area (Å²) < 4.78 is 88.1. The van der Waals surface area contributed by atoms with Gasteiger partial charge in [0.1, 0.15) is 5.82 Å². The predicted molar refractivity (Wildman–Crippen MR) is 117 cm³/mol. The van der Waals surface area contributed by atoms with Crippen molar-refractivity contribution in [1.82, 2.24) is 25.3 Å². The summed E-state index contributed by atoms with van der Waals surface area (Å²) in [6.45, 7) is 1.48. The van der Waals surface area contributed by atoms with E-state index in [4.69, 9.17) is 0 Å². The molecule has 3 heterocycles. The highest BCUT2D eigenvalue weighted by atomic mass is 33.2. The Bertz CT molecular complexity index is 1430. The predicted octanol–water partition coefficient (Wildman–Crippen LogP) is 2.75. The molecule has 9 nitrogen and oxygen atoms in total. The lowest BCUT2D eigenvalue weighted by atomic mass is 9.98. The molecule has 1 fully saturated rings. The number of nitrogens with zero attached hydrogens (tertiary/aromatic N) is 3. The van der Waals surface area contributed by atoms with Gasteiger partial charge in [-0.2, -0.15) is 13.2 Å². The van der Waals surface area contributed by atoms with Crippen molar-refractivity contribution in [2.75, 3.05) is 19.3 Å². The number of rotatable bonds is 5. The van der Waals surface area contributed by atoms with Gasteiger partial charge in [0.05, 0.1) is 28.9 Å². The Morgan fingerprint density at radius 3 is 2.38 bits per heavy atom. The Morgan fingerprint density at radius 2 is 1.74 bits per heavy atom. The topological polar surface area (TPSA) is 135 Å². The quantitative estimate of drug-likeness (QED) is 0.391. The van der Waals surface area contributed by atoms with E-state index in [1.54, 1.807) is 0 Å². The number of piperidine rings is 1. The average molecular weight is 516 g/mol. The van der Waals surface area contributed by atoms with E-state index >= 15 is 0 Å². The summed E-state index contributed by atoms with van der Waals surface area (Å²) in [7, 11) is -9.43. The summed E-state index contributed by atoms with van der Waals surface area (Å²) >= 11 is 0. The molecule has 34 heavy (non-hydrogen) atoms. The Kier molecular flexibility index (Phi) is 6.25. The second kappa shape index (κ2) is 8.74. The van der Waals surface area contributed by atoms with Crippen LogP contribution in [0.25, 0.3) is 22.6 Å². The molecule has 1 aliphatic rings. The minimum absolute atomic E-state index is 0.000564. The van der Waals surface area contributed by atoms with Crippen molar-refractivity contribution in [3.8, 4) is 22.6 Å². The number of nitrogens with one attached hydrogen (secondary N) is 2. The smallest absolute Gasteiger partial charge is 0.340 e. The zero-order valence-corrected chi connectivity index (χ0v) is 19.4. The molecule has 0 spiro atoms. The lowest BCUT2D eigenvalue weighted by Crippen LogP contribution is -2.27. The first-order valence-electron chi connectivity index (χ1n) is 10.1. The molecule has 1 saturated heterocycles. The van der Waals surface area contributed by atoms with E-state index in [-0.39, 0.29) is 28.6 Å². The minimum atomic E-state index is -4.87. The molecule has 0 unspecified atom stereocenters. The highest BCUT2D eigenvalue weighted by molar-refractivity contribution is 8.66. The van der Waals surface area contributed by atoms with Crippen LogP contribution < -0.4 is 5.32 Å². The van der Waals surface area contributed by atoms with Crippen LogP contribution >= 0.6 is 0 Å². The first-order chi connectivity index (χ1) is 15.9. The van der Waals surface area contributed by atoms with Crippen molar-refractivity contribution in [2.45, 2.75) is 30.1 Å². The van der Waals surface area contributed by atoms with Crippen molar-refractivity contribution in [2.24, 2.45) is 0 Å². The summed E-state index contributed by atoms with van der Waals surface area (Å²) in [6.07, 6.45) is -1.49. The van der Waals surface area contributed by atoms with Gasteiger partial charge >= 0.3 is 15.0 Å². The average Bonchev–Trinajstić information content (AvgIpc) is 3.24. The van der Waals surface area contributed by atoms with Crippen LogP contribution in [0.2, 0.25) is 0 Å². The van der Waals surface area contributed by atoms with Crippen LogP contribution in [0.4, 0.5) is 13.2 Å². The summed E-state index contributed by atoms with van der Waals surface area (Å²) in [6, 6.07) is 5.92. The lowest BCUT2D eigenvalue weighted by molar-refractivity contribution is -0.137. The van der Waals surface area contributed by atoms with Crippen molar-refractivity contribution in [3.05, 3.63) is 47.9 Å². The minimum Gasteiger partial charge on any atom is -0.340 e. The van der Waals surface area contributed by atoms with Gasteiger partial charge in [0.25, 0.3) is 14.0 Å². The number of hydrogen-bond acceptors (Lipinski definition) is 8. The Labute approximate surface area is 193 Å². The fourth-order valence-electron chi connectivity index (χ4n) is 3.65. The van der Waals surface area contributed by atoms with Crippen LogP contribution in [0.5, 0.6) is 0 Å². The molecule has 1 aromatic carbocycles. The highest BCUT2D eigenvalue weighted by Crippen LogP contribution is 2.36. The molecule has 0 saturated carbocycles. The van der Waals surface area contributed by atoms with Gasteiger partial charge in [0.15, 0.2) is 0 Å². The second-order valence-corrected chi connectivity index (χ2v) is 13.6. The lowest BCUT2D eigenvalue weighted by Gasteiger charge is -2.20. The van der Waals surface area contributed by atoms with E-state index < -0.39 is 34.6 Å². The molecule has 2 N–H and O–H groups in total. The van der Waals surface area contributed by atoms with Gasteiger partial charge in [0.2, 0.25) is 0 Å². The SMILES string of the molecule is CS(=O)(=O)S(=O)(=O)c1nccc(-c2[nH]c(C3CCNCC3)nc2-c2cccc(C(F)(F)F)c2)n1. The number of H-pyrrole nitrogens is 1. The molecule has 182 valence electrons. The molecule has 0 bridgehead atoms. The standard InChI is InChI=1S/C20H20F3N5O4S2/c1-33(29,30)34(31,32)19-25-10-7-15(26-19)17-16(13-3-2-4-14(11-13)20(21,22)23)27-18(28-17)12-5-8-24-9-6-12/h2-4,7,10-12,24H,5-6,8-9H2,1H3,(H,27,28). The monoisotopic (exact) mass is 515 g/mol. The van der Waals surface area contributed by atoms with Gasteiger partial charge < -0.3 is 10.3 Å². The molecule has 2 aromatic heterocycles. The van der Waals surface area contributed by atoms with Crippen molar-refractivity contribution in [3.63, 3.8) is 0 Å². The van der Waals surface area contributed by atoms with Gasteiger partial charge in [-0.05, 0) is 44.1 Å². The van der Waals surface area contributed by atoms with Gasteiger partial charge in [0, 0.05) is 17.7 Å². The van der Waals surface area contributed by atoms with E-state index in [9.17, 15) is 30.0 Å². The summed E-state index contributed by atoms with van der Waals surface area (Å²) in [4.78, 5) is 15.1. The van der Waals surface area contributed by atoms with Crippen LogP contribution in [-0.4, -0.2) is 56.1 Å². The molecule has 0 radical (unpaired) electrons. The number of hydrogen-bond donors (Lipinski definition) is 2. The number of alkyl halides is 3. The fraction of sp³-hybridized carbons (Fsp3) is 0.350. The molecular weight excluding hydrogens is 495 g/mol. The van der Waals surface area contributed by atoms with E-state index in [0.29, 0.717) is 12.1 Å². The van der Waals surface area contributed by atoms with E-state index in [0.717, 1.165) is 44.3 Å². The van der Waals surface area contributed by atoms with Crippen molar-refractivity contribution >= 4 is 17.7 Å². The molecule has 0 amide bonds. The number of imidazole rings is 1. The van der Waals surface area contributed by atoms with E-state index in [1.165, 1.54) is 18.2 Å². The zero-order chi connectivity index (χ0) is 24.7.